The Hall–Kier alpha value is -3.50. The molecular weight excluding hydrogens is 478 g/mol. The second kappa shape index (κ2) is 8.89. The molecule has 0 aliphatic heterocycles. The minimum Gasteiger partial charge on any atom is -0.398 e. The number of nitro benzene ring substituents is 2. The standard InChI is InChI=1S/C19H13BrClN5O4/c20-11-5-6-18(22)16(7-11)19(15-3-1-2-4-17(15)21)24-23-12-8-13(25(27)28)10-14(9-12)26(29)30/h1-10,23H,22H2/b24-19+. The Balaban J connectivity index is 2.14. The third kappa shape index (κ3) is 4.73. The molecule has 0 saturated heterocycles. The summed E-state index contributed by atoms with van der Waals surface area (Å²) in [5, 5.41) is 27.0. The molecule has 0 aliphatic carbocycles. The highest BCUT2D eigenvalue weighted by atomic mass is 79.9. The van der Waals surface area contributed by atoms with E-state index in [1.807, 2.05) is 0 Å². The van der Waals surface area contributed by atoms with Gasteiger partial charge < -0.3 is 5.73 Å². The van der Waals surface area contributed by atoms with E-state index in [4.69, 9.17) is 17.3 Å². The second-order valence-corrected chi connectivity index (χ2v) is 7.36. The van der Waals surface area contributed by atoms with Gasteiger partial charge in [0, 0.05) is 33.4 Å². The van der Waals surface area contributed by atoms with Crippen molar-refractivity contribution < 1.29 is 9.85 Å². The molecule has 0 aromatic heterocycles. The highest BCUT2D eigenvalue weighted by Gasteiger charge is 2.18. The normalized spacial score (nSPS) is 11.2. The van der Waals surface area contributed by atoms with Crippen molar-refractivity contribution in [2.24, 2.45) is 5.10 Å². The molecule has 0 radical (unpaired) electrons. The predicted octanol–water partition coefficient (Wildman–Crippen LogP) is 5.37. The maximum absolute atomic E-state index is 11.1. The first kappa shape index (κ1) is 21.2. The molecule has 0 fully saturated rings. The molecule has 152 valence electrons. The van der Waals surface area contributed by atoms with Gasteiger partial charge in [-0.15, -0.1) is 0 Å². The van der Waals surface area contributed by atoms with Crippen LogP contribution in [0.4, 0.5) is 22.7 Å². The molecule has 9 nitrogen and oxygen atoms in total. The van der Waals surface area contributed by atoms with Gasteiger partial charge in [-0.2, -0.15) is 5.10 Å². The monoisotopic (exact) mass is 489 g/mol. The lowest BCUT2D eigenvalue weighted by Crippen LogP contribution is -2.10. The summed E-state index contributed by atoms with van der Waals surface area (Å²) in [7, 11) is 0. The van der Waals surface area contributed by atoms with Gasteiger partial charge in [-0.1, -0.05) is 45.7 Å². The zero-order chi connectivity index (χ0) is 21.8. The SMILES string of the molecule is Nc1ccc(Br)cc1/C(=N/Nc1cc([N+](=O)[O-])cc([N+](=O)[O-])c1)c1ccccc1Cl. The zero-order valence-electron chi connectivity index (χ0n) is 15.1. The van der Waals surface area contributed by atoms with E-state index in [9.17, 15) is 20.2 Å². The molecule has 0 aliphatic rings. The van der Waals surface area contributed by atoms with Gasteiger partial charge in [-0.25, -0.2) is 0 Å². The van der Waals surface area contributed by atoms with Crippen LogP contribution in [0.1, 0.15) is 11.1 Å². The van der Waals surface area contributed by atoms with Crippen molar-refractivity contribution in [3.05, 3.63) is 102 Å². The first-order valence-electron chi connectivity index (χ1n) is 8.34. The third-order valence-electron chi connectivity index (χ3n) is 4.02. The molecule has 0 bridgehead atoms. The molecule has 0 spiro atoms. The maximum atomic E-state index is 11.1. The Morgan fingerprint density at radius 2 is 1.60 bits per heavy atom. The number of non-ortho nitro benzene ring substituents is 2. The van der Waals surface area contributed by atoms with Crippen molar-refractivity contribution >= 4 is 56.0 Å². The number of nitrogen functional groups attached to an aromatic ring is 1. The summed E-state index contributed by atoms with van der Waals surface area (Å²) in [4.78, 5) is 20.8. The van der Waals surface area contributed by atoms with E-state index in [2.05, 4.69) is 26.5 Å². The summed E-state index contributed by atoms with van der Waals surface area (Å²) in [6.45, 7) is 0. The summed E-state index contributed by atoms with van der Waals surface area (Å²) in [6.07, 6.45) is 0. The molecule has 11 heteroatoms. The molecule has 0 heterocycles. The van der Waals surface area contributed by atoms with E-state index in [1.54, 1.807) is 42.5 Å². The number of hydrazone groups is 1. The minimum absolute atomic E-state index is 0.0639. The number of nitrogens with one attached hydrogen (secondary N) is 1. The van der Waals surface area contributed by atoms with Crippen LogP contribution in [0.25, 0.3) is 0 Å². The van der Waals surface area contributed by atoms with Crippen molar-refractivity contribution in [1.29, 1.82) is 0 Å². The Morgan fingerprint density at radius 1 is 0.967 bits per heavy atom. The quantitative estimate of drug-likeness (QED) is 0.206. The van der Waals surface area contributed by atoms with Crippen molar-refractivity contribution in [3.8, 4) is 0 Å². The van der Waals surface area contributed by atoms with Crippen LogP contribution in [0.3, 0.4) is 0 Å². The minimum atomic E-state index is -0.719. The lowest BCUT2D eigenvalue weighted by atomic mass is 10.0. The maximum Gasteiger partial charge on any atom is 0.278 e. The van der Waals surface area contributed by atoms with Crippen molar-refractivity contribution in [2.75, 3.05) is 11.2 Å². The van der Waals surface area contributed by atoms with Crippen molar-refractivity contribution in [2.45, 2.75) is 0 Å². The lowest BCUT2D eigenvalue weighted by molar-refractivity contribution is -0.394. The number of nitrogens with zero attached hydrogens (tertiary/aromatic N) is 3. The zero-order valence-corrected chi connectivity index (χ0v) is 17.4. The van der Waals surface area contributed by atoms with Gasteiger partial charge >= 0.3 is 0 Å². The summed E-state index contributed by atoms with van der Waals surface area (Å²) < 4.78 is 0.748. The molecule has 0 unspecified atom stereocenters. The number of hydrogen-bond acceptors (Lipinski definition) is 7. The fourth-order valence-electron chi connectivity index (χ4n) is 2.64. The van der Waals surface area contributed by atoms with Crippen LogP contribution in [0.2, 0.25) is 5.02 Å². The van der Waals surface area contributed by atoms with Crippen LogP contribution >= 0.6 is 27.5 Å². The fraction of sp³-hybridized carbons (Fsp3) is 0. The summed E-state index contributed by atoms with van der Waals surface area (Å²) in [6, 6.07) is 15.3. The van der Waals surface area contributed by atoms with Crippen LogP contribution in [0.5, 0.6) is 0 Å². The molecule has 3 rings (SSSR count). The van der Waals surface area contributed by atoms with Gasteiger partial charge in [0.2, 0.25) is 0 Å². The summed E-state index contributed by atoms with van der Waals surface area (Å²) >= 11 is 9.73. The van der Waals surface area contributed by atoms with Gasteiger partial charge in [0.25, 0.3) is 11.4 Å². The van der Waals surface area contributed by atoms with E-state index in [0.29, 0.717) is 27.5 Å². The Kier molecular flexibility index (Phi) is 6.28. The highest BCUT2D eigenvalue weighted by Crippen LogP contribution is 2.28. The number of hydrogen-bond donors (Lipinski definition) is 2. The summed E-state index contributed by atoms with van der Waals surface area (Å²) in [5.74, 6) is 0. The second-order valence-electron chi connectivity index (χ2n) is 6.04. The third-order valence-corrected chi connectivity index (χ3v) is 4.84. The molecule has 3 aromatic carbocycles. The van der Waals surface area contributed by atoms with Crippen molar-refractivity contribution in [1.82, 2.24) is 0 Å². The molecular formula is C19H13BrClN5O4. The molecule has 3 N–H and O–H groups in total. The number of benzene rings is 3. The number of halogens is 2. The van der Waals surface area contributed by atoms with E-state index in [-0.39, 0.29) is 5.69 Å². The van der Waals surface area contributed by atoms with Gasteiger partial charge in [-0.3, -0.25) is 25.7 Å². The van der Waals surface area contributed by atoms with Crippen molar-refractivity contribution in [3.63, 3.8) is 0 Å². The Labute approximate surface area is 183 Å². The molecule has 0 amide bonds. The average molecular weight is 491 g/mol. The predicted molar refractivity (Wildman–Crippen MR) is 119 cm³/mol. The van der Waals surface area contributed by atoms with Gasteiger partial charge in [0.05, 0.1) is 26.6 Å². The van der Waals surface area contributed by atoms with E-state index in [0.717, 1.165) is 22.7 Å². The Morgan fingerprint density at radius 3 is 2.20 bits per heavy atom. The van der Waals surface area contributed by atoms with Crippen LogP contribution in [0.15, 0.2) is 70.2 Å². The number of anilines is 2. The van der Waals surface area contributed by atoms with Gasteiger partial charge in [-0.05, 0) is 24.3 Å². The molecule has 0 saturated carbocycles. The van der Waals surface area contributed by atoms with E-state index >= 15 is 0 Å². The summed E-state index contributed by atoms with van der Waals surface area (Å²) in [5.41, 5.74) is 9.83. The van der Waals surface area contributed by atoms with Crippen LogP contribution < -0.4 is 11.2 Å². The Bertz CT molecular complexity index is 1150. The van der Waals surface area contributed by atoms with Gasteiger partial charge in [0.15, 0.2) is 0 Å². The lowest BCUT2D eigenvalue weighted by Gasteiger charge is -2.13. The van der Waals surface area contributed by atoms with Gasteiger partial charge in [0.1, 0.15) is 5.71 Å². The first-order valence-corrected chi connectivity index (χ1v) is 9.51. The van der Waals surface area contributed by atoms with E-state index < -0.39 is 21.2 Å². The number of nitrogens with two attached hydrogens (primary N) is 1. The van der Waals surface area contributed by atoms with Crippen LogP contribution in [-0.2, 0) is 0 Å². The average Bonchev–Trinajstić information content (AvgIpc) is 2.71. The number of rotatable bonds is 6. The molecule has 3 aromatic rings. The van der Waals surface area contributed by atoms with Crippen LogP contribution in [-0.4, -0.2) is 15.6 Å². The first-order chi connectivity index (χ1) is 14.3. The molecule has 0 atom stereocenters. The van der Waals surface area contributed by atoms with E-state index in [1.165, 1.54) is 0 Å². The topological polar surface area (TPSA) is 137 Å². The van der Waals surface area contributed by atoms with Crippen LogP contribution in [0, 0.1) is 20.2 Å². The molecule has 30 heavy (non-hydrogen) atoms. The largest absolute Gasteiger partial charge is 0.398 e. The fourth-order valence-corrected chi connectivity index (χ4v) is 3.23. The highest BCUT2D eigenvalue weighted by molar-refractivity contribution is 9.10. The number of nitro groups is 2. The smallest absolute Gasteiger partial charge is 0.278 e.